The van der Waals surface area contributed by atoms with Gasteiger partial charge in [-0.2, -0.15) is 0 Å². The van der Waals surface area contributed by atoms with Crippen molar-refractivity contribution in [2.45, 2.75) is 26.3 Å². The summed E-state index contributed by atoms with van der Waals surface area (Å²) in [5, 5.41) is 11.5. The third-order valence-electron chi connectivity index (χ3n) is 2.35. The average Bonchev–Trinajstić information content (AvgIpc) is 2.25. The fourth-order valence-corrected chi connectivity index (χ4v) is 1.29. The molecule has 16 heavy (non-hydrogen) atoms. The van der Waals surface area contributed by atoms with Crippen LogP contribution in [0.4, 0.5) is 0 Å². The third kappa shape index (κ3) is 2.93. The van der Waals surface area contributed by atoms with Gasteiger partial charge < -0.3 is 15.4 Å². The van der Waals surface area contributed by atoms with Crippen LogP contribution in [0, 0.1) is 6.92 Å². The van der Waals surface area contributed by atoms with E-state index in [0.717, 1.165) is 0 Å². The molecule has 0 fully saturated rings. The lowest BCUT2D eigenvalue weighted by Gasteiger charge is -2.13. The number of carbonyl (C=O) groups is 1. The van der Waals surface area contributed by atoms with Crippen molar-refractivity contribution in [3.63, 3.8) is 0 Å². The number of amides is 1. The van der Waals surface area contributed by atoms with E-state index in [1.807, 2.05) is 6.92 Å². The van der Waals surface area contributed by atoms with Crippen molar-refractivity contribution in [3.8, 4) is 0 Å². The topological polar surface area (TPSA) is 82.2 Å². The molecule has 1 heterocycles. The van der Waals surface area contributed by atoms with Crippen LogP contribution in [0.15, 0.2) is 17.1 Å². The Morgan fingerprint density at radius 1 is 1.62 bits per heavy atom. The molecule has 0 aliphatic heterocycles. The number of aromatic nitrogens is 1. The van der Waals surface area contributed by atoms with Crippen LogP contribution in [0.25, 0.3) is 0 Å². The Balaban J connectivity index is 2.85. The molecule has 0 aromatic carbocycles. The van der Waals surface area contributed by atoms with Gasteiger partial charge in [0.25, 0.3) is 5.91 Å². The first kappa shape index (κ1) is 12.4. The average molecular weight is 224 g/mol. The van der Waals surface area contributed by atoms with Gasteiger partial charge in [0.05, 0.1) is 12.6 Å². The summed E-state index contributed by atoms with van der Waals surface area (Å²) >= 11 is 0. The number of hydrogen-bond donors (Lipinski definition) is 3. The normalized spacial score (nSPS) is 12.2. The number of aryl methyl sites for hydroxylation is 1. The number of aliphatic hydroxyl groups excluding tert-OH is 1. The fourth-order valence-electron chi connectivity index (χ4n) is 1.29. The second kappa shape index (κ2) is 5.46. The van der Waals surface area contributed by atoms with Gasteiger partial charge in [-0.3, -0.25) is 9.59 Å². The molecule has 5 nitrogen and oxygen atoms in total. The number of aliphatic hydroxyl groups is 1. The Hall–Kier alpha value is -1.62. The van der Waals surface area contributed by atoms with Crippen molar-refractivity contribution in [3.05, 3.63) is 33.7 Å². The minimum absolute atomic E-state index is 0.0671. The lowest BCUT2D eigenvalue weighted by Crippen LogP contribution is -2.39. The van der Waals surface area contributed by atoms with Crippen molar-refractivity contribution in [2.75, 3.05) is 6.61 Å². The van der Waals surface area contributed by atoms with Gasteiger partial charge in [-0.25, -0.2) is 0 Å². The molecule has 0 spiro atoms. The number of H-pyrrole nitrogens is 1. The van der Waals surface area contributed by atoms with Crippen LogP contribution in [0.5, 0.6) is 0 Å². The Kier molecular flexibility index (Phi) is 4.25. The molecule has 5 heteroatoms. The Bertz CT molecular complexity index is 421. The van der Waals surface area contributed by atoms with Crippen LogP contribution in [-0.4, -0.2) is 28.6 Å². The quantitative estimate of drug-likeness (QED) is 0.682. The Morgan fingerprint density at radius 2 is 2.31 bits per heavy atom. The summed E-state index contributed by atoms with van der Waals surface area (Å²) in [5.74, 6) is -0.456. The highest BCUT2D eigenvalue weighted by Gasteiger charge is 2.13. The molecular weight excluding hydrogens is 208 g/mol. The molecule has 1 aromatic rings. The van der Waals surface area contributed by atoms with Crippen molar-refractivity contribution in [1.29, 1.82) is 0 Å². The summed E-state index contributed by atoms with van der Waals surface area (Å²) in [6.45, 7) is 3.46. The minimum Gasteiger partial charge on any atom is -0.394 e. The Morgan fingerprint density at radius 3 is 2.81 bits per heavy atom. The minimum atomic E-state index is -0.456. The van der Waals surface area contributed by atoms with Gasteiger partial charge in [0.2, 0.25) is 0 Å². The number of pyridine rings is 1. The summed E-state index contributed by atoms with van der Waals surface area (Å²) in [5.41, 5.74) is 0.454. The molecule has 3 N–H and O–H groups in total. The van der Waals surface area contributed by atoms with Crippen LogP contribution < -0.4 is 10.7 Å². The fraction of sp³-hybridized carbons (Fsp3) is 0.455. The number of carbonyl (C=O) groups excluding carboxylic acids is 1. The Labute approximate surface area is 93.5 Å². The van der Waals surface area contributed by atoms with Crippen LogP contribution in [0.1, 0.15) is 29.4 Å². The van der Waals surface area contributed by atoms with Gasteiger partial charge in [0, 0.05) is 18.0 Å². The van der Waals surface area contributed by atoms with Gasteiger partial charge in [-0.15, -0.1) is 0 Å². The van der Waals surface area contributed by atoms with Gasteiger partial charge in [0.15, 0.2) is 5.43 Å². The summed E-state index contributed by atoms with van der Waals surface area (Å²) in [4.78, 5) is 26.0. The van der Waals surface area contributed by atoms with E-state index in [1.54, 1.807) is 6.92 Å². The van der Waals surface area contributed by atoms with Gasteiger partial charge in [-0.05, 0) is 13.3 Å². The maximum atomic E-state index is 11.7. The zero-order valence-electron chi connectivity index (χ0n) is 9.41. The highest BCUT2D eigenvalue weighted by atomic mass is 16.3. The van der Waals surface area contributed by atoms with E-state index < -0.39 is 5.91 Å². The third-order valence-corrected chi connectivity index (χ3v) is 2.35. The number of rotatable bonds is 4. The molecule has 1 aromatic heterocycles. The first-order valence-corrected chi connectivity index (χ1v) is 5.19. The van der Waals surface area contributed by atoms with Gasteiger partial charge in [-0.1, -0.05) is 6.92 Å². The molecule has 0 unspecified atom stereocenters. The summed E-state index contributed by atoms with van der Waals surface area (Å²) in [7, 11) is 0. The van der Waals surface area contributed by atoms with Crippen LogP contribution in [0.3, 0.4) is 0 Å². The monoisotopic (exact) mass is 224 g/mol. The smallest absolute Gasteiger partial charge is 0.257 e. The van der Waals surface area contributed by atoms with Crippen molar-refractivity contribution in [2.24, 2.45) is 0 Å². The van der Waals surface area contributed by atoms with Crippen LogP contribution in [-0.2, 0) is 0 Å². The SMILES string of the molecule is CC[C@@H](CO)NC(=O)c1c[nH]c(C)cc1=O. The molecule has 0 radical (unpaired) electrons. The molecule has 1 amide bonds. The zero-order chi connectivity index (χ0) is 12.1. The number of nitrogens with one attached hydrogen (secondary N) is 2. The molecule has 0 bridgehead atoms. The number of hydrogen-bond acceptors (Lipinski definition) is 3. The largest absolute Gasteiger partial charge is 0.394 e. The summed E-state index contributed by atoms with van der Waals surface area (Å²) < 4.78 is 0. The predicted octanol–water partition coefficient (Wildman–Crippen LogP) is 0.184. The summed E-state index contributed by atoms with van der Waals surface area (Å²) in [6.07, 6.45) is 2.00. The van der Waals surface area contributed by atoms with E-state index >= 15 is 0 Å². The molecule has 0 aliphatic carbocycles. The zero-order valence-corrected chi connectivity index (χ0v) is 9.41. The highest BCUT2D eigenvalue weighted by Crippen LogP contribution is 1.95. The van der Waals surface area contributed by atoms with Gasteiger partial charge >= 0.3 is 0 Å². The summed E-state index contributed by atoms with van der Waals surface area (Å²) in [6, 6.07) is 1.06. The lowest BCUT2D eigenvalue weighted by molar-refractivity contribution is 0.0913. The second-order valence-corrected chi connectivity index (χ2v) is 3.66. The van der Waals surface area contributed by atoms with E-state index in [-0.39, 0.29) is 23.6 Å². The molecule has 0 saturated heterocycles. The van der Waals surface area contributed by atoms with Crippen molar-refractivity contribution in [1.82, 2.24) is 10.3 Å². The van der Waals surface area contributed by atoms with E-state index in [4.69, 9.17) is 5.11 Å². The van der Waals surface area contributed by atoms with Crippen LogP contribution >= 0.6 is 0 Å². The molecule has 88 valence electrons. The lowest BCUT2D eigenvalue weighted by atomic mass is 10.2. The van der Waals surface area contributed by atoms with Crippen molar-refractivity contribution >= 4 is 5.91 Å². The standard InChI is InChI=1S/C11H16N2O3/c1-3-8(6-14)13-11(16)9-5-12-7(2)4-10(9)15/h4-5,8,14H,3,6H2,1-2H3,(H,12,15)(H,13,16)/t8-/m0/s1. The first-order valence-electron chi connectivity index (χ1n) is 5.19. The maximum Gasteiger partial charge on any atom is 0.257 e. The molecule has 1 atom stereocenters. The molecule has 0 saturated carbocycles. The van der Waals surface area contributed by atoms with Gasteiger partial charge in [0.1, 0.15) is 5.56 Å². The maximum absolute atomic E-state index is 11.7. The van der Waals surface area contributed by atoms with E-state index in [1.165, 1.54) is 12.3 Å². The predicted molar refractivity (Wildman–Crippen MR) is 60.4 cm³/mol. The number of aromatic amines is 1. The van der Waals surface area contributed by atoms with E-state index in [9.17, 15) is 9.59 Å². The van der Waals surface area contributed by atoms with Crippen LogP contribution in [0.2, 0.25) is 0 Å². The highest BCUT2D eigenvalue weighted by molar-refractivity contribution is 5.93. The molecular formula is C11H16N2O3. The second-order valence-electron chi connectivity index (χ2n) is 3.66. The first-order chi connectivity index (χ1) is 7.58. The van der Waals surface area contributed by atoms with E-state index in [0.29, 0.717) is 12.1 Å². The van der Waals surface area contributed by atoms with Crippen molar-refractivity contribution < 1.29 is 9.90 Å². The molecule has 1 rings (SSSR count). The van der Waals surface area contributed by atoms with E-state index in [2.05, 4.69) is 10.3 Å². The molecule has 0 aliphatic rings.